The summed E-state index contributed by atoms with van der Waals surface area (Å²) in [5.74, 6) is 1.46. The fourth-order valence-electron chi connectivity index (χ4n) is 3.70. The van der Waals surface area contributed by atoms with Crippen molar-refractivity contribution in [1.29, 1.82) is 0 Å². The van der Waals surface area contributed by atoms with E-state index in [0.717, 1.165) is 45.6 Å². The van der Waals surface area contributed by atoms with Crippen molar-refractivity contribution >= 4 is 45.2 Å². The van der Waals surface area contributed by atoms with E-state index in [0.29, 0.717) is 16.7 Å². The van der Waals surface area contributed by atoms with Gasteiger partial charge >= 0.3 is 0 Å². The maximum atomic E-state index is 13.5. The molecule has 1 unspecified atom stereocenters. The molecule has 1 aliphatic heterocycles. The van der Waals surface area contributed by atoms with Crippen LogP contribution in [-0.4, -0.2) is 26.4 Å². The highest BCUT2D eigenvalue weighted by molar-refractivity contribution is 9.10. The van der Waals surface area contributed by atoms with Gasteiger partial charge in [0.2, 0.25) is 11.1 Å². The Labute approximate surface area is 201 Å². The van der Waals surface area contributed by atoms with Crippen LogP contribution in [0.25, 0.3) is 0 Å². The number of hydrogen-bond acceptors (Lipinski definition) is 5. The zero-order valence-corrected chi connectivity index (χ0v) is 20.8. The average Bonchev–Trinajstić information content (AvgIpc) is 3.15. The molecule has 166 valence electrons. The summed E-state index contributed by atoms with van der Waals surface area (Å²) >= 11 is 5.21. The summed E-state index contributed by atoms with van der Waals surface area (Å²) in [5, 5.41) is 11.8. The zero-order chi connectivity index (χ0) is 22.7. The van der Waals surface area contributed by atoms with E-state index in [1.807, 2.05) is 67.1 Å². The molecule has 32 heavy (non-hydrogen) atoms. The minimum atomic E-state index is -0.387. The van der Waals surface area contributed by atoms with Crippen LogP contribution in [0.2, 0.25) is 0 Å². The Kier molecular flexibility index (Phi) is 7.01. The first kappa shape index (κ1) is 22.6. The second kappa shape index (κ2) is 9.92. The van der Waals surface area contributed by atoms with Gasteiger partial charge in [0, 0.05) is 21.6 Å². The van der Waals surface area contributed by atoms with Gasteiger partial charge in [-0.1, -0.05) is 65.3 Å². The molecule has 4 rings (SSSR count). The summed E-state index contributed by atoms with van der Waals surface area (Å²) in [7, 11) is 0. The predicted octanol–water partition coefficient (Wildman–Crippen LogP) is 6.17. The van der Waals surface area contributed by atoms with Crippen molar-refractivity contribution in [1.82, 2.24) is 14.8 Å². The standard InChI is InChI=1S/C24H26BrN5OS/c1-4-5-12-32-24-28-23-26-16(3)20(22(31)27-19-11-6-8-15(2)13-19)21(30(23)29-24)17-9-7-10-18(25)14-17/h6-11,13-14,21H,4-5,12H2,1-3H3,(H,27,31)(H,26,28,29). The van der Waals surface area contributed by atoms with Crippen LogP contribution in [0.3, 0.4) is 0 Å². The molecule has 0 bridgehead atoms. The molecule has 2 N–H and O–H groups in total. The van der Waals surface area contributed by atoms with Crippen LogP contribution in [0.5, 0.6) is 0 Å². The van der Waals surface area contributed by atoms with Crippen LogP contribution in [0.1, 0.15) is 43.9 Å². The van der Waals surface area contributed by atoms with Crippen LogP contribution in [0, 0.1) is 6.92 Å². The Balaban J connectivity index is 1.73. The van der Waals surface area contributed by atoms with E-state index >= 15 is 0 Å². The molecule has 2 heterocycles. The van der Waals surface area contributed by atoms with Gasteiger partial charge in [-0.2, -0.15) is 4.98 Å². The Bertz CT molecular complexity index is 1170. The Morgan fingerprint density at radius 3 is 2.78 bits per heavy atom. The summed E-state index contributed by atoms with van der Waals surface area (Å²) in [5.41, 5.74) is 4.21. The Morgan fingerprint density at radius 1 is 1.22 bits per heavy atom. The third-order valence-corrected chi connectivity index (χ3v) is 6.66. The van der Waals surface area contributed by atoms with Crippen molar-refractivity contribution < 1.29 is 4.79 Å². The van der Waals surface area contributed by atoms with Crippen LogP contribution in [0.4, 0.5) is 11.6 Å². The first-order valence-corrected chi connectivity index (χ1v) is 12.4. The van der Waals surface area contributed by atoms with E-state index in [2.05, 4.69) is 38.5 Å². The van der Waals surface area contributed by atoms with Crippen molar-refractivity contribution in [2.45, 2.75) is 44.8 Å². The van der Waals surface area contributed by atoms with Gasteiger partial charge in [0.05, 0.1) is 5.57 Å². The normalized spacial score (nSPS) is 15.3. The summed E-state index contributed by atoms with van der Waals surface area (Å²) < 4.78 is 2.78. The number of benzene rings is 2. The second-order valence-electron chi connectivity index (χ2n) is 7.81. The van der Waals surface area contributed by atoms with E-state index in [4.69, 9.17) is 5.10 Å². The van der Waals surface area contributed by atoms with E-state index < -0.39 is 0 Å². The summed E-state index contributed by atoms with van der Waals surface area (Å²) in [6.07, 6.45) is 2.24. The van der Waals surface area contributed by atoms with Crippen molar-refractivity contribution in [2.75, 3.05) is 16.4 Å². The predicted molar refractivity (Wildman–Crippen MR) is 134 cm³/mol. The van der Waals surface area contributed by atoms with Crippen LogP contribution >= 0.6 is 27.7 Å². The topological polar surface area (TPSA) is 71.8 Å². The number of carbonyl (C=O) groups is 1. The van der Waals surface area contributed by atoms with Gasteiger partial charge in [0.25, 0.3) is 5.91 Å². The number of amides is 1. The number of anilines is 2. The number of nitrogens with zero attached hydrogens (tertiary/aromatic N) is 3. The molecule has 1 aliphatic rings. The quantitative estimate of drug-likeness (QED) is 0.293. The Hall–Kier alpha value is -2.58. The number of carbonyl (C=O) groups excluding carboxylic acids is 1. The van der Waals surface area contributed by atoms with Gasteiger partial charge in [-0.05, 0) is 55.7 Å². The molecule has 1 aromatic heterocycles. The lowest BCUT2D eigenvalue weighted by Gasteiger charge is -2.28. The molecule has 6 nitrogen and oxygen atoms in total. The van der Waals surface area contributed by atoms with E-state index in [1.165, 1.54) is 0 Å². The number of hydrogen-bond donors (Lipinski definition) is 2. The number of halogens is 1. The first-order chi connectivity index (χ1) is 15.5. The lowest BCUT2D eigenvalue weighted by atomic mass is 9.95. The van der Waals surface area contributed by atoms with E-state index in [1.54, 1.807) is 11.8 Å². The number of allylic oxidation sites excluding steroid dienone is 1. The van der Waals surface area contributed by atoms with Gasteiger partial charge < -0.3 is 10.6 Å². The summed E-state index contributed by atoms with van der Waals surface area (Å²) in [6.45, 7) is 6.09. The number of aryl methyl sites for hydroxylation is 1. The molecule has 0 spiro atoms. The molecule has 1 atom stereocenters. The highest BCUT2D eigenvalue weighted by atomic mass is 79.9. The van der Waals surface area contributed by atoms with Gasteiger partial charge in [-0.15, -0.1) is 5.10 Å². The monoisotopic (exact) mass is 511 g/mol. The number of unbranched alkanes of at least 4 members (excludes halogenated alkanes) is 1. The third kappa shape index (κ3) is 4.91. The van der Waals surface area contributed by atoms with Gasteiger partial charge in [-0.25, -0.2) is 4.68 Å². The molecule has 1 amide bonds. The zero-order valence-electron chi connectivity index (χ0n) is 18.4. The smallest absolute Gasteiger partial charge is 0.255 e. The fourth-order valence-corrected chi connectivity index (χ4v) is 5.03. The summed E-state index contributed by atoms with van der Waals surface area (Å²) in [4.78, 5) is 18.2. The first-order valence-electron chi connectivity index (χ1n) is 10.7. The molecule has 2 aromatic carbocycles. The summed E-state index contributed by atoms with van der Waals surface area (Å²) in [6, 6.07) is 15.4. The fraction of sp³-hybridized carbons (Fsp3) is 0.292. The minimum absolute atomic E-state index is 0.160. The number of thioether (sulfide) groups is 1. The van der Waals surface area contributed by atoms with Crippen LogP contribution in [0.15, 0.2) is 69.4 Å². The highest BCUT2D eigenvalue weighted by Gasteiger charge is 2.34. The van der Waals surface area contributed by atoms with Crippen molar-refractivity contribution in [3.8, 4) is 0 Å². The lowest BCUT2D eigenvalue weighted by molar-refractivity contribution is -0.113. The van der Waals surface area contributed by atoms with Crippen LogP contribution < -0.4 is 10.6 Å². The van der Waals surface area contributed by atoms with E-state index in [9.17, 15) is 4.79 Å². The van der Waals surface area contributed by atoms with Gasteiger partial charge in [0.15, 0.2) is 0 Å². The Morgan fingerprint density at radius 2 is 2.03 bits per heavy atom. The van der Waals surface area contributed by atoms with E-state index in [-0.39, 0.29) is 11.9 Å². The molecular weight excluding hydrogens is 486 g/mol. The van der Waals surface area contributed by atoms with Crippen molar-refractivity contribution in [2.24, 2.45) is 0 Å². The molecule has 0 saturated carbocycles. The van der Waals surface area contributed by atoms with Gasteiger partial charge in [-0.3, -0.25) is 4.79 Å². The number of rotatable bonds is 7. The molecule has 0 radical (unpaired) electrons. The molecule has 0 aliphatic carbocycles. The maximum absolute atomic E-state index is 13.5. The van der Waals surface area contributed by atoms with Crippen molar-refractivity contribution in [3.63, 3.8) is 0 Å². The van der Waals surface area contributed by atoms with Gasteiger partial charge in [0.1, 0.15) is 6.04 Å². The minimum Gasteiger partial charge on any atom is -0.328 e. The van der Waals surface area contributed by atoms with Crippen molar-refractivity contribution in [3.05, 3.63) is 75.4 Å². The average molecular weight is 512 g/mol. The maximum Gasteiger partial charge on any atom is 0.255 e. The third-order valence-electron chi connectivity index (χ3n) is 5.25. The molecule has 0 fully saturated rings. The van der Waals surface area contributed by atoms with Crippen LogP contribution in [-0.2, 0) is 4.79 Å². The number of aromatic nitrogens is 3. The second-order valence-corrected chi connectivity index (χ2v) is 9.79. The molecule has 3 aromatic rings. The molecule has 8 heteroatoms. The SMILES string of the molecule is CCCCSc1nc2n(n1)C(c1cccc(Br)c1)C(C(=O)Nc1cccc(C)c1)=C(C)N2. The molecular formula is C24H26BrN5OS. The largest absolute Gasteiger partial charge is 0.328 e. The highest BCUT2D eigenvalue weighted by Crippen LogP contribution is 2.37. The molecule has 0 saturated heterocycles. The lowest BCUT2D eigenvalue weighted by Crippen LogP contribution is -2.31. The number of nitrogens with one attached hydrogen (secondary N) is 2. The number of fused-ring (bicyclic) bond motifs is 1.